The minimum atomic E-state index is -0.0418. The van der Waals surface area contributed by atoms with Crippen molar-refractivity contribution in [3.63, 3.8) is 0 Å². The Morgan fingerprint density at radius 2 is 2.22 bits per heavy atom. The number of carbonyl (C=O) groups excluding carboxylic acids is 1. The van der Waals surface area contributed by atoms with E-state index in [9.17, 15) is 4.79 Å². The summed E-state index contributed by atoms with van der Waals surface area (Å²) in [4.78, 5) is 11.7. The highest BCUT2D eigenvalue weighted by molar-refractivity contribution is 5.76. The number of hydrogen-bond acceptors (Lipinski definition) is 3. The van der Waals surface area contributed by atoms with E-state index in [1.165, 1.54) is 0 Å². The van der Waals surface area contributed by atoms with Gasteiger partial charge in [-0.05, 0) is 30.6 Å². The fourth-order valence-corrected chi connectivity index (χ4v) is 2.40. The van der Waals surface area contributed by atoms with Gasteiger partial charge in [0.05, 0.1) is 0 Å². The minimum absolute atomic E-state index is 0.0418. The summed E-state index contributed by atoms with van der Waals surface area (Å²) in [5.74, 6) is 0.694. The second-order valence-electron chi connectivity index (χ2n) is 6.60. The molecule has 18 heavy (non-hydrogen) atoms. The van der Waals surface area contributed by atoms with Crippen LogP contribution in [0.3, 0.4) is 0 Å². The molecule has 4 heteroatoms. The number of nitrogens with two attached hydrogens (primary N) is 1. The van der Waals surface area contributed by atoms with E-state index in [0.29, 0.717) is 12.3 Å². The maximum atomic E-state index is 11.7. The van der Waals surface area contributed by atoms with Crippen LogP contribution in [0, 0.1) is 11.3 Å². The Balaban J connectivity index is 2.09. The van der Waals surface area contributed by atoms with E-state index in [2.05, 4.69) is 26.1 Å². The van der Waals surface area contributed by atoms with Gasteiger partial charge in [-0.15, -0.1) is 0 Å². The molecule has 1 rings (SSSR count). The quantitative estimate of drug-likeness (QED) is 0.760. The standard InChI is InChI=1S/C14H28N2O2/c1-14(2,3)9-12(15)8-13(17)16-6-4-11-5-7-18-10-11/h11-12H,4-10,15H2,1-3H3,(H,16,17). The van der Waals surface area contributed by atoms with Crippen molar-refractivity contribution in [3.05, 3.63) is 0 Å². The molecule has 2 unspecified atom stereocenters. The molecule has 4 nitrogen and oxygen atoms in total. The lowest BCUT2D eigenvalue weighted by Crippen LogP contribution is -2.35. The second kappa shape index (κ2) is 7.10. The first-order chi connectivity index (χ1) is 8.37. The first-order valence-electron chi connectivity index (χ1n) is 6.97. The molecule has 1 heterocycles. The van der Waals surface area contributed by atoms with Crippen molar-refractivity contribution in [1.82, 2.24) is 5.32 Å². The lowest BCUT2D eigenvalue weighted by molar-refractivity contribution is -0.121. The number of ether oxygens (including phenoxy) is 1. The summed E-state index contributed by atoms with van der Waals surface area (Å²) >= 11 is 0. The number of carbonyl (C=O) groups is 1. The van der Waals surface area contributed by atoms with Crippen molar-refractivity contribution in [2.24, 2.45) is 17.1 Å². The van der Waals surface area contributed by atoms with Crippen LogP contribution in [0.25, 0.3) is 0 Å². The summed E-state index contributed by atoms with van der Waals surface area (Å²) < 4.78 is 5.30. The van der Waals surface area contributed by atoms with Crippen molar-refractivity contribution < 1.29 is 9.53 Å². The molecule has 3 N–H and O–H groups in total. The van der Waals surface area contributed by atoms with Gasteiger partial charge in [0.1, 0.15) is 0 Å². The molecule has 0 bridgehead atoms. The fraction of sp³-hybridized carbons (Fsp3) is 0.929. The number of nitrogens with one attached hydrogen (secondary N) is 1. The predicted molar refractivity (Wildman–Crippen MR) is 73.2 cm³/mol. The number of rotatable bonds is 6. The van der Waals surface area contributed by atoms with E-state index in [1.807, 2.05) is 0 Å². The highest BCUT2D eigenvalue weighted by Crippen LogP contribution is 2.21. The Kier molecular flexibility index (Phi) is 6.09. The van der Waals surface area contributed by atoms with Gasteiger partial charge in [0.25, 0.3) is 0 Å². The molecule has 0 aliphatic carbocycles. The van der Waals surface area contributed by atoms with Gasteiger partial charge in [-0.3, -0.25) is 4.79 Å². The minimum Gasteiger partial charge on any atom is -0.381 e. The Morgan fingerprint density at radius 3 is 2.78 bits per heavy atom. The maximum Gasteiger partial charge on any atom is 0.221 e. The molecule has 0 radical (unpaired) electrons. The highest BCUT2D eigenvalue weighted by atomic mass is 16.5. The maximum absolute atomic E-state index is 11.7. The molecular formula is C14H28N2O2. The fourth-order valence-electron chi connectivity index (χ4n) is 2.40. The van der Waals surface area contributed by atoms with E-state index in [1.54, 1.807) is 0 Å². The summed E-state index contributed by atoms with van der Waals surface area (Å²) in [6.45, 7) is 8.89. The average Bonchev–Trinajstić information content (AvgIpc) is 2.66. The normalized spacial score (nSPS) is 21.9. The molecule has 1 saturated heterocycles. The van der Waals surface area contributed by atoms with Crippen LogP contribution in [-0.4, -0.2) is 31.7 Å². The number of hydrogen-bond donors (Lipinski definition) is 2. The Labute approximate surface area is 111 Å². The largest absolute Gasteiger partial charge is 0.381 e. The van der Waals surface area contributed by atoms with Crippen LogP contribution < -0.4 is 11.1 Å². The highest BCUT2D eigenvalue weighted by Gasteiger charge is 2.19. The summed E-state index contributed by atoms with van der Waals surface area (Å²) in [7, 11) is 0. The molecule has 0 saturated carbocycles. The van der Waals surface area contributed by atoms with Crippen molar-refractivity contribution >= 4 is 5.91 Å². The van der Waals surface area contributed by atoms with Crippen molar-refractivity contribution in [2.45, 2.75) is 52.5 Å². The third-order valence-corrected chi connectivity index (χ3v) is 3.22. The van der Waals surface area contributed by atoms with Crippen LogP contribution >= 0.6 is 0 Å². The Bertz CT molecular complexity index is 255. The van der Waals surface area contributed by atoms with Gasteiger partial charge >= 0.3 is 0 Å². The van der Waals surface area contributed by atoms with E-state index in [0.717, 1.165) is 39.0 Å². The van der Waals surface area contributed by atoms with Crippen LogP contribution in [0.15, 0.2) is 0 Å². The van der Waals surface area contributed by atoms with Crippen LogP contribution in [0.2, 0.25) is 0 Å². The topological polar surface area (TPSA) is 64.4 Å². The van der Waals surface area contributed by atoms with Gasteiger partial charge in [0.2, 0.25) is 5.91 Å². The third kappa shape index (κ3) is 6.97. The molecule has 0 aromatic rings. The van der Waals surface area contributed by atoms with Gasteiger partial charge in [-0.2, -0.15) is 0 Å². The van der Waals surface area contributed by atoms with Gasteiger partial charge in [0.15, 0.2) is 0 Å². The molecule has 1 aliphatic rings. The molecule has 0 aromatic heterocycles. The van der Waals surface area contributed by atoms with Crippen LogP contribution in [0.5, 0.6) is 0 Å². The average molecular weight is 256 g/mol. The molecular weight excluding hydrogens is 228 g/mol. The Hall–Kier alpha value is -0.610. The molecule has 106 valence electrons. The van der Waals surface area contributed by atoms with Crippen LogP contribution in [-0.2, 0) is 9.53 Å². The number of amides is 1. The SMILES string of the molecule is CC(C)(C)CC(N)CC(=O)NCCC1CCOC1. The van der Waals surface area contributed by atoms with Crippen LogP contribution in [0.1, 0.15) is 46.5 Å². The first-order valence-corrected chi connectivity index (χ1v) is 6.97. The van der Waals surface area contributed by atoms with Crippen molar-refractivity contribution in [3.8, 4) is 0 Å². The second-order valence-corrected chi connectivity index (χ2v) is 6.60. The molecule has 2 atom stereocenters. The summed E-state index contributed by atoms with van der Waals surface area (Å²) in [5.41, 5.74) is 6.16. The zero-order chi connectivity index (χ0) is 13.6. The summed E-state index contributed by atoms with van der Waals surface area (Å²) in [6, 6.07) is -0.0418. The monoisotopic (exact) mass is 256 g/mol. The first kappa shape index (κ1) is 15.4. The molecule has 1 fully saturated rings. The zero-order valence-corrected chi connectivity index (χ0v) is 12.0. The van der Waals surface area contributed by atoms with Gasteiger partial charge in [-0.1, -0.05) is 20.8 Å². The van der Waals surface area contributed by atoms with Gasteiger partial charge in [-0.25, -0.2) is 0 Å². The van der Waals surface area contributed by atoms with Crippen LogP contribution in [0.4, 0.5) is 0 Å². The van der Waals surface area contributed by atoms with Crippen molar-refractivity contribution in [1.29, 1.82) is 0 Å². The molecule has 1 aliphatic heterocycles. The molecule has 1 amide bonds. The summed E-state index contributed by atoms with van der Waals surface area (Å²) in [5, 5.41) is 2.95. The van der Waals surface area contributed by atoms with Gasteiger partial charge in [0, 0.05) is 32.2 Å². The Morgan fingerprint density at radius 1 is 1.50 bits per heavy atom. The zero-order valence-electron chi connectivity index (χ0n) is 12.0. The van der Waals surface area contributed by atoms with Gasteiger partial charge < -0.3 is 15.8 Å². The third-order valence-electron chi connectivity index (χ3n) is 3.22. The van der Waals surface area contributed by atoms with E-state index >= 15 is 0 Å². The lowest BCUT2D eigenvalue weighted by Gasteiger charge is -2.22. The predicted octanol–water partition coefficient (Wildman–Crippen LogP) is 1.68. The molecule has 0 aromatic carbocycles. The lowest BCUT2D eigenvalue weighted by atomic mass is 9.87. The van der Waals surface area contributed by atoms with E-state index in [4.69, 9.17) is 10.5 Å². The van der Waals surface area contributed by atoms with E-state index in [-0.39, 0.29) is 17.4 Å². The summed E-state index contributed by atoms with van der Waals surface area (Å²) in [6.07, 6.45) is 3.44. The van der Waals surface area contributed by atoms with Crippen molar-refractivity contribution in [2.75, 3.05) is 19.8 Å². The molecule has 0 spiro atoms. The smallest absolute Gasteiger partial charge is 0.221 e. The van der Waals surface area contributed by atoms with E-state index < -0.39 is 0 Å².